The Hall–Kier alpha value is -5.88. The Kier molecular flexibility index (Phi) is 9.71. The fraction of sp³-hybridized carbons (Fsp3) is 0.294. The van der Waals surface area contributed by atoms with Crippen molar-refractivity contribution in [1.29, 1.82) is 0 Å². The summed E-state index contributed by atoms with van der Waals surface area (Å²) in [6.45, 7) is 2.77. The average molecular weight is 747 g/mol. The molecule has 0 amide bonds. The molecule has 7 atom stereocenters. The van der Waals surface area contributed by atoms with E-state index in [2.05, 4.69) is 174 Å². The van der Waals surface area contributed by atoms with Crippen LogP contribution in [0.3, 0.4) is 0 Å². The fourth-order valence-corrected chi connectivity index (χ4v) is 10.0. The second-order valence-corrected chi connectivity index (χ2v) is 16.4. The number of hydrogen-bond donors (Lipinski definition) is 0. The second-order valence-electron chi connectivity index (χ2n) is 16.4. The average Bonchev–Trinajstić information content (AvgIpc) is 3.79. The minimum absolute atomic E-state index is 0.0663. The first-order valence-electron chi connectivity index (χ1n) is 21.0. The molecule has 0 spiro atoms. The highest BCUT2D eigenvalue weighted by molar-refractivity contribution is 5.99. The molecule has 1 aromatic heterocycles. The molecule has 1 saturated heterocycles. The number of nitrogens with zero attached hydrogens (tertiary/aromatic N) is 6. The number of amidine groups is 1. The summed E-state index contributed by atoms with van der Waals surface area (Å²) in [4.78, 5) is 15.4. The minimum Gasteiger partial charge on any atom is -0.342 e. The summed E-state index contributed by atoms with van der Waals surface area (Å²) in [7, 11) is 0. The number of aliphatic imine (C=N–C) groups is 1. The summed E-state index contributed by atoms with van der Waals surface area (Å²) in [6, 6.07) is 15.7. The molecule has 1 fully saturated rings. The third-order valence-corrected chi connectivity index (χ3v) is 13.0. The highest BCUT2D eigenvalue weighted by Crippen LogP contribution is 2.51. The molecule has 0 saturated carbocycles. The third-order valence-electron chi connectivity index (χ3n) is 13.0. The van der Waals surface area contributed by atoms with Gasteiger partial charge in [0.05, 0.1) is 24.7 Å². The van der Waals surface area contributed by atoms with Gasteiger partial charge in [0, 0.05) is 52.5 Å². The van der Waals surface area contributed by atoms with Crippen LogP contribution in [0.25, 0.3) is 0 Å². The summed E-state index contributed by atoms with van der Waals surface area (Å²) in [5, 5.41) is 9.43. The van der Waals surface area contributed by atoms with Crippen molar-refractivity contribution >= 4 is 17.3 Å². The Morgan fingerprint density at radius 2 is 1.70 bits per heavy atom. The lowest BCUT2D eigenvalue weighted by Gasteiger charge is -2.32. The van der Waals surface area contributed by atoms with Gasteiger partial charge >= 0.3 is 0 Å². The molecule has 1 aromatic carbocycles. The lowest BCUT2D eigenvalue weighted by atomic mass is 9.78. The molecule has 6 nitrogen and oxygen atoms in total. The molecule has 2 aliphatic heterocycles. The molecule has 5 unspecified atom stereocenters. The number of allylic oxidation sites excluding steroid dienone is 16. The van der Waals surface area contributed by atoms with Crippen LogP contribution in [0.4, 0.5) is 11.5 Å². The van der Waals surface area contributed by atoms with Gasteiger partial charge in [-0.15, -0.1) is 5.11 Å². The van der Waals surface area contributed by atoms with Gasteiger partial charge in [0.1, 0.15) is 5.82 Å². The van der Waals surface area contributed by atoms with Gasteiger partial charge in [0.2, 0.25) is 0 Å². The number of para-hydroxylation sites is 1. The molecule has 0 N–H and O–H groups in total. The maximum Gasteiger partial charge on any atom is 0.178 e. The zero-order valence-electron chi connectivity index (χ0n) is 32.7. The largest absolute Gasteiger partial charge is 0.342 e. The van der Waals surface area contributed by atoms with Gasteiger partial charge in [-0.1, -0.05) is 115 Å². The molecule has 0 radical (unpaired) electrons. The van der Waals surface area contributed by atoms with E-state index in [-0.39, 0.29) is 18.1 Å². The lowest BCUT2D eigenvalue weighted by Crippen LogP contribution is -2.37. The summed E-state index contributed by atoms with van der Waals surface area (Å²) in [5.41, 5.74) is 10.6. The second kappa shape index (κ2) is 15.6. The predicted octanol–water partition coefficient (Wildman–Crippen LogP) is 11.4. The molecule has 0 bridgehead atoms. The number of benzene rings is 1. The van der Waals surface area contributed by atoms with Gasteiger partial charge in [-0.2, -0.15) is 5.11 Å². The highest BCUT2D eigenvalue weighted by Gasteiger charge is 2.47. The van der Waals surface area contributed by atoms with Crippen LogP contribution in [0.15, 0.2) is 207 Å². The van der Waals surface area contributed by atoms with Crippen LogP contribution in [0, 0.1) is 23.7 Å². The zero-order valence-corrected chi connectivity index (χ0v) is 32.7. The first-order valence-corrected chi connectivity index (χ1v) is 21.0. The monoisotopic (exact) mass is 746 g/mol. The summed E-state index contributed by atoms with van der Waals surface area (Å²) < 4.78 is 0. The molecule has 57 heavy (non-hydrogen) atoms. The van der Waals surface area contributed by atoms with Crippen LogP contribution in [0.2, 0.25) is 0 Å². The van der Waals surface area contributed by atoms with Crippen LogP contribution in [0.5, 0.6) is 0 Å². The van der Waals surface area contributed by atoms with Gasteiger partial charge in [0.25, 0.3) is 0 Å². The first-order chi connectivity index (χ1) is 28.2. The Morgan fingerprint density at radius 1 is 0.825 bits per heavy atom. The van der Waals surface area contributed by atoms with E-state index in [0.717, 1.165) is 49.9 Å². The number of fused-ring (bicyclic) bond motifs is 5. The Balaban J connectivity index is 0.949. The lowest BCUT2D eigenvalue weighted by molar-refractivity contribution is 0.525. The van der Waals surface area contributed by atoms with E-state index in [9.17, 15) is 0 Å². The highest BCUT2D eigenvalue weighted by atomic mass is 15.3. The van der Waals surface area contributed by atoms with Crippen molar-refractivity contribution in [3.8, 4) is 0 Å². The van der Waals surface area contributed by atoms with E-state index >= 15 is 0 Å². The number of aromatic nitrogens is 1. The topological polar surface area (TPSA) is 56.5 Å². The molecular formula is C51H50N6. The maximum atomic E-state index is 5.19. The van der Waals surface area contributed by atoms with Crippen LogP contribution < -0.4 is 9.80 Å². The van der Waals surface area contributed by atoms with Gasteiger partial charge < -0.3 is 9.80 Å². The van der Waals surface area contributed by atoms with Crippen molar-refractivity contribution in [2.45, 2.75) is 63.6 Å². The van der Waals surface area contributed by atoms with Gasteiger partial charge in [-0.05, 0) is 104 Å². The SMILES string of the molecule is C[C@H](N=C(N=NCC1=CC=CCC1)c1ccc(N2C3C=CC=CC3C3C=CC(C4=CC=C5[C@H](C4)C4=C(C=CCC4)N5c4ccccc4)=CC32)nc1)C1C=CC=CC1. The van der Waals surface area contributed by atoms with Crippen molar-refractivity contribution in [1.82, 2.24) is 4.98 Å². The molecule has 284 valence electrons. The van der Waals surface area contributed by atoms with Crippen molar-refractivity contribution in [3.63, 3.8) is 0 Å². The fourth-order valence-electron chi connectivity index (χ4n) is 10.0. The minimum atomic E-state index is 0.0663. The number of rotatable bonds is 8. The standard InChI is InChI=1S/C51H50N6/c1-35(37-17-7-3-8-18-37)54-51(55-53-33-36-15-5-2-6-16-36)40-27-30-50(52-34-40)57-47-24-14-11-21-42(47)44-28-25-39(32-49(44)57)38-26-29-48-45(31-38)43-22-12-13-23-46(43)56(48)41-19-9-4-10-20-41/h2-5,7-11,13-15,17,19-21,23-30,32,34-35,37,42,44-45,47,49H,6,12,16,18,22,31,33H2,1H3/t35-,37?,42?,44?,45+,47?,49?/m0/s1. The van der Waals surface area contributed by atoms with E-state index in [1.807, 2.05) is 6.20 Å². The number of azo groups is 1. The maximum absolute atomic E-state index is 5.19. The quantitative estimate of drug-likeness (QED) is 0.154. The van der Waals surface area contributed by atoms with Crippen molar-refractivity contribution < 1.29 is 0 Å². The van der Waals surface area contributed by atoms with E-state index in [1.165, 1.54) is 33.8 Å². The Bertz CT molecular complexity index is 2340. The summed E-state index contributed by atoms with van der Waals surface area (Å²) in [6.07, 6.45) is 49.6. The molecule has 10 rings (SSSR count). The molecule has 6 aliphatic carbocycles. The Labute approximate surface area is 337 Å². The summed E-state index contributed by atoms with van der Waals surface area (Å²) >= 11 is 0. The van der Waals surface area contributed by atoms with Gasteiger partial charge in [0.15, 0.2) is 5.84 Å². The molecule has 8 aliphatic rings. The zero-order chi connectivity index (χ0) is 38.1. The van der Waals surface area contributed by atoms with Gasteiger partial charge in [-0.25, -0.2) is 4.98 Å². The predicted molar refractivity (Wildman–Crippen MR) is 234 cm³/mol. The van der Waals surface area contributed by atoms with E-state index in [0.29, 0.717) is 36.1 Å². The van der Waals surface area contributed by atoms with E-state index in [1.54, 1.807) is 5.57 Å². The molecule has 2 aromatic rings. The third kappa shape index (κ3) is 6.85. The van der Waals surface area contributed by atoms with Crippen LogP contribution in [-0.4, -0.2) is 35.5 Å². The van der Waals surface area contributed by atoms with Gasteiger partial charge in [-0.3, -0.25) is 4.99 Å². The normalized spacial score (nSPS) is 28.9. The van der Waals surface area contributed by atoms with Crippen molar-refractivity contribution in [3.05, 3.63) is 197 Å². The van der Waals surface area contributed by atoms with Crippen molar-refractivity contribution in [2.24, 2.45) is 38.9 Å². The van der Waals surface area contributed by atoms with Crippen LogP contribution >= 0.6 is 0 Å². The summed E-state index contributed by atoms with van der Waals surface area (Å²) in [5.74, 6) is 3.11. The molecule has 6 heteroatoms. The van der Waals surface area contributed by atoms with Crippen LogP contribution in [0.1, 0.15) is 51.0 Å². The van der Waals surface area contributed by atoms with Crippen LogP contribution in [-0.2, 0) is 0 Å². The van der Waals surface area contributed by atoms with E-state index < -0.39 is 0 Å². The van der Waals surface area contributed by atoms with Crippen molar-refractivity contribution in [2.75, 3.05) is 16.3 Å². The number of pyridine rings is 1. The number of hydrogen-bond acceptors (Lipinski definition) is 5. The molecular weight excluding hydrogens is 697 g/mol. The molecule has 3 heterocycles. The smallest absolute Gasteiger partial charge is 0.178 e. The first kappa shape index (κ1) is 35.5. The number of anilines is 2. The Morgan fingerprint density at radius 3 is 2.54 bits per heavy atom. The van der Waals surface area contributed by atoms with E-state index in [4.69, 9.17) is 15.1 Å².